The number of nitro benzene ring substituents is 1. The van der Waals surface area contributed by atoms with Gasteiger partial charge >= 0.3 is 0 Å². The highest BCUT2D eigenvalue weighted by Gasteiger charge is 2.32. The van der Waals surface area contributed by atoms with Crippen LogP contribution in [0.25, 0.3) is 0 Å². The van der Waals surface area contributed by atoms with Crippen LogP contribution >= 0.6 is 0 Å². The zero-order valence-electron chi connectivity index (χ0n) is 8.86. The Morgan fingerprint density at radius 2 is 2.20 bits per heavy atom. The molecular formula is C11H14N2O2. The number of nitrogens with one attached hydrogen (secondary N) is 1. The summed E-state index contributed by atoms with van der Waals surface area (Å²) in [6.45, 7) is 4.08. The van der Waals surface area contributed by atoms with Gasteiger partial charge in [-0.1, -0.05) is 6.92 Å². The monoisotopic (exact) mass is 206 g/mol. The summed E-state index contributed by atoms with van der Waals surface area (Å²) in [7, 11) is 0. The largest absolute Gasteiger partial charge is 0.382 e. The summed E-state index contributed by atoms with van der Waals surface area (Å²) in [6, 6.07) is 5.49. The Balaban J connectivity index is 2.15. The van der Waals surface area contributed by atoms with Crippen molar-refractivity contribution in [1.29, 1.82) is 0 Å². The average molecular weight is 206 g/mol. The van der Waals surface area contributed by atoms with Crippen LogP contribution in [-0.4, -0.2) is 11.0 Å². The van der Waals surface area contributed by atoms with Crippen LogP contribution in [0.15, 0.2) is 18.2 Å². The molecule has 2 rings (SSSR count). The number of hydrogen-bond acceptors (Lipinski definition) is 3. The van der Waals surface area contributed by atoms with Crippen LogP contribution in [0.4, 0.5) is 11.4 Å². The molecule has 0 bridgehead atoms. The van der Waals surface area contributed by atoms with Gasteiger partial charge in [-0.25, -0.2) is 0 Å². The Morgan fingerprint density at radius 3 is 2.67 bits per heavy atom. The Morgan fingerprint density at radius 1 is 1.53 bits per heavy atom. The molecule has 1 aliphatic carbocycles. The quantitative estimate of drug-likeness (QED) is 0.611. The van der Waals surface area contributed by atoms with Crippen molar-refractivity contribution in [3.63, 3.8) is 0 Å². The van der Waals surface area contributed by atoms with Gasteiger partial charge in [-0.05, 0) is 30.9 Å². The minimum atomic E-state index is -0.365. The Kier molecular flexibility index (Phi) is 2.34. The molecule has 0 aromatic heterocycles. The number of nitrogens with zero attached hydrogens (tertiary/aromatic N) is 1. The fraction of sp³-hybridized carbons (Fsp3) is 0.455. The standard InChI is InChI=1S/C11H14N2O2/c1-7-5-9(13(14)15)3-4-10(7)12-11-6-8(11)2/h3-5,8,11-12H,6H2,1-2H3. The zero-order chi connectivity index (χ0) is 11.0. The van der Waals surface area contributed by atoms with E-state index in [4.69, 9.17) is 0 Å². The van der Waals surface area contributed by atoms with Gasteiger partial charge in [0.2, 0.25) is 0 Å². The fourth-order valence-corrected chi connectivity index (χ4v) is 1.65. The molecule has 0 heterocycles. The maximum atomic E-state index is 10.5. The molecule has 2 atom stereocenters. The normalized spacial score (nSPS) is 23.6. The summed E-state index contributed by atoms with van der Waals surface area (Å²) in [4.78, 5) is 10.2. The van der Waals surface area contributed by atoms with Crippen LogP contribution in [0.1, 0.15) is 18.9 Å². The molecule has 1 aliphatic rings. The third-order valence-corrected chi connectivity index (χ3v) is 2.87. The van der Waals surface area contributed by atoms with Crippen LogP contribution < -0.4 is 5.32 Å². The van der Waals surface area contributed by atoms with Crippen LogP contribution in [0, 0.1) is 23.0 Å². The molecule has 1 aromatic rings. The number of hydrogen-bond donors (Lipinski definition) is 1. The molecule has 1 saturated carbocycles. The molecule has 0 spiro atoms. The van der Waals surface area contributed by atoms with Gasteiger partial charge in [-0.2, -0.15) is 0 Å². The number of nitro groups is 1. The van der Waals surface area contributed by atoms with Crippen LogP contribution in [-0.2, 0) is 0 Å². The smallest absolute Gasteiger partial charge is 0.269 e. The van der Waals surface area contributed by atoms with Crippen LogP contribution in [0.3, 0.4) is 0 Å². The van der Waals surface area contributed by atoms with E-state index in [1.54, 1.807) is 18.2 Å². The summed E-state index contributed by atoms with van der Waals surface area (Å²) < 4.78 is 0. The molecule has 2 unspecified atom stereocenters. The van der Waals surface area contributed by atoms with E-state index < -0.39 is 0 Å². The van der Waals surface area contributed by atoms with E-state index in [0.29, 0.717) is 6.04 Å². The van der Waals surface area contributed by atoms with E-state index in [2.05, 4.69) is 12.2 Å². The van der Waals surface area contributed by atoms with Gasteiger partial charge in [0.05, 0.1) is 4.92 Å². The second-order valence-corrected chi connectivity index (χ2v) is 4.22. The number of benzene rings is 1. The van der Waals surface area contributed by atoms with Crippen molar-refractivity contribution < 1.29 is 4.92 Å². The second kappa shape index (κ2) is 3.53. The highest BCUT2D eigenvalue weighted by Crippen LogP contribution is 2.34. The summed E-state index contributed by atoms with van der Waals surface area (Å²) in [5, 5.41) is 13.9. The molecule has 1 fully saturated rings. The lowest BCUT2D eigenvalue weighted by atomic mass is 10.2. The van der Waals surface area contributed by atoms with Crippen molar-refractivity contribution in [2.24, 2.45) is 5.92 Å². The molecule has 0 aliphatic heterocycles. The third-order valence-electron chi connectivity index (χ3n) is 2.87. The van der Waals surface area contributed by atoms with Crippen molar-refractivity contribution in [2.75, 3.05) is 5.32 Å². The van der Waals surface area contributed by atoms with Crippen molar-refractivity contribution in [3.05, 3.63) is 33.9 Å². The fourth-order valence-electron chi connectivity index (χ4n) is 1.65. The summed E-state index contributed by atoms with van der Waals surface area (Å²) in [6.07, 6.45) is 1.19. The molecule has 1 N–H and O–H groups in total. The van der Waals surface area contributed by atoms with E-state index in [1.807, 2.05) is 6.92 Å². The van der Waals surface area contributed by atoms with Crippen LogP contribution in [0.2, 0.25) is 0 Å². The maximum absolute atomic E-state index is 10.5. The molecular weight excluding hydrogens is 192 g/mol. The summed E-state index contributed by atoms with van der Waals surface area (Å²) in [5.41, 5.74) is 2.10. The molecule has 0 amide bonds. The summed E-state index contributed by atoms with van der Waals surface area (Å²) in [5.74, 6) is 0.722. The molecule has 1 aromatic carbocycles. The topological polar surface area (TPSA) is 55.2 Å². The van der Waals surface area contributed by atoms with E-state index >= 15 is 0 Å². The van der Waals surface area contributed by atoms with Gasteiger partial charge in [0.25, 0.3) is 5.69 Å². The minimum absolute atomic E-state index is 0.155. The lowest BCUT2D eigenvalue weighted by molar-refractivity contribution is -0.384. The highest BCUT2D eigenvalue weighted by molar-refractivity contribution is 5.56. The SMILES string of the molecule is Cc1cc([N+](=O)[O-])ccc1NC1CC1C. The molecule has 80 valence electrons. The van der Waals surface area contributed by atoms with E-state index in [9.17, 15) is 10.1 Å². The van der Waals surface area contributed by atoms with Crippen molar-refractivity contribution in [3.8, 4) is 0 Å². The van der Waals surface area contributed by atoms with Crippen molar-refractivity contribution in [2.45, 2.75) is 26.3 Å². The predicted octanol–water partition coefficient (Wildman–Crippen LogP) is 2.72. The van der Waals surface area contributed by atoms with Gasteiger partial charge < -0.3 is 5.32 Å². The molecule has 4 heteroatoms. The average Bonchev–Trinajstić information content (AvgIpc) is 2.85. The van der Waals surface area contributed by atoms with E-state index in [1.165, 1.54) is 6.42 Å². The molecule has 0 radical (unpaired) electrons. The van der Waals surface area contributed by atoms with Gasteiger partial charge in [0.15, 0.2) is 0 Å². The minimum Gasteiger partial charge on any atom is -0.382 e. The van der Waals surface area contributed by atoms with Crippen molar-refractivity contribution in [1.82, 2.24) is 0 Å². The lowest BCUT2D eigenvalue weighted by Gasteiger charge is -2.08. The van der Waals surface area contributed by atoms with E-state index in [-0.39, 0.29) is 10.6 Å². The number of non-ortho nitro benzene ring substituents is 1. The maximum Gasteiger partial charge on any atom is 0.269 e. The Hall–Kier alpha value is -1.58. The predicted molar refractivity (Wildman–Crippen MR) is 59.0 cm³/mol. The second-order valence-electron chi connectivity index (χ2n) is 4.22. The molecule has 0 saturated heterocycles. The number of anilines is 1. The van der Waals surface area contributed by atoms with Gasteiger partial charge in [0, 0.05) is 23.9 Å². The zero-order valence-corrected chi connectivity index (χ0v) is 8.86. The van der Waals surface area contributed by atoms with Gasteiger partial charge in [-0.3, -0.25) is 10.1 Å². The third kappa shape index (κ3) is 2.09. The lowest BCUT2D eigenvalue weighted by Crippen LogP contribution is -2.05. The van der Waals surface area contributed by atoms with Gasteiger partial charge in [-0.15, -0.1) is 0 Å². The molecule has 15 heavy (non-hydrogen) atoms. The van der Waals surface area contributed by atoms with Crippen LogP contribution in [0.5, 0.6) is 0 Å². The first kappa shape index (κ1) is 9.96. The number of rotatable bonds is 3. The first-order chi connectivity index (χ1) is 7.08. The first-order valence-corrected chi connectivity index (χ1v) is 5.09. The van der Waals surface area contributed by atoms with Crippen molar-refractivity contribution >= 4 is 11.4 Å². The Labute approximate surface area is 88.5 Å². The van der Waals surface area contributed by atoms with E-state index in [0.717, 1.165) is 17.2 Å². The highest BCUT2D eigenvalue weighted by atomic mass is 16.6. The molecule has 4 nitrogen and oxygen atoms in total. The number of aryl methyl sites for hydroxylation is 1. The summed E-state index contributed by atoms with van der Waals surface area (Å²) >= 11 is 0. The Bertz CT molecular complexity index is 404. The first-order valence-electron chi connectivity index (χ1n) is 5.09. The van der Waals surface area contributed by atoms with Gasteiger partial charge in [0.1, 0.15) is 0 Å².